The van der Waals surface area contributed by atoms with Gasteiger partial charge in [0.25, 0.3) is 0 Å². The summed E-state index contributed by atoms with van der Waals surface area (Å²) in [6.07, 6.45) is 15.6. The molecule has 3 aliphatic rings. The molecule has 0 aromatic rings. The zero-order chi connectivity index (χ0) is 19.4. The Morgan fingerprint density at radius 2 is 2.04 bits per heavy atom. The van der Waals surface area contributed by atoms with Gasteiger partial charge >= 0.3 is 12.1 Å². The summed E-state index contributed by atoms with van der Waals surface area (Å²) in [5, 5.41) is 11.8. The van der Waals surface area contributed by atoms with Gasteiger partial charge in [0.15, 0.2) is 0 Å². The number of fused-ring (bicyclic) bond motifs is 3. The number of alkyl carbamates (subject to hydrolysis) is 1. The minimum absolute atomic E-state index is 0. The molecule has 1 amide bonds. The van der Waals surface area contributed by atoms with Crippen molar-refractivity contribution in [2.45, 2.75) is 53.0 Å². The first-order valence-electron chi connectivity index (χ1n) is 9.94. The van der Waals surface area contributed by atoms with E-state index >= 15 is 0 Å². The second-order valence-corrected chi connectivity index (χ2v) is 7.75. The molecule has 5 unspecified atom stereocenters. The molecule has 5 nitrogen and oxygen atoms in total. The summed E-state index contributed by atoms with van der Waals surface area (Å²) in [6, 6.07) is -0.892. The van der Waals surface area contributed by atoms with Gasteiger partial charge in [-0.2, -0.15) is 0 Å². The van der Waals surface area contributed by atoms with Crippen molar-refractivity contribution in [3.05, 3.63) is 47.6 Å². The molecule has 5 heteroatoms. The molecule has 0 bridgehead atoms. The molecule has 0 aliphatic heterocycles. The van der Waals surface area contributed by atoms with Crippen molar-refractivity contribution in [2.75, 3.05) is 6.61 Å². The van der Waals surface area contributed by atoms with Gasteiger partial charge in [0, 0.05) is 11.8 Å². The molecule has 3 aliphatic carbocycles. The largest absolute Gasteiger partial charge is 0.480 e. The highest BCUT2D eigenvalue weighted by Crippen LogP contribution is 2.50. The third-order valence-electron chi connectivity index (χ3n) is 5.74. The van der Waals surface area contributed by atoms with Crippen LogP contribution in [-0.2, 0) is 9.53 Å². The predicted octanol–water partition coefficient (Wildman–Crippen LogP) is 4.87. The van der Waals surface area contributed by atoms with Gasteiger partial charge in [-0.05, 0) is 35.8 Å². The van der Waals surface area contributed by atoms with E-state index in [2.05, 4.69) is 48.7 Å². The zero-order valence-electron chi connectivity index (χ0n) is 16.1. The van der Waals surface area contributed by atoms with Crippen molar-refractivity contribution in [1.82, 2.24) is 5.32 Å². The van der Waals surface area contributed by atoms with Gasteiger partial charge < -0.3 is 15.2 Å². The van der Waals surface area contributed by atoms with E-state index in [1.165, 1.54) is 11.1 Å². The van der Waals surface area contributed by atoms with Crippen LogP contribution in [0.15, 0.2) is 47.6 Å². The Labute approximate surface area is 168 Å². The Bertz CT molecular complexity index is 703. The van der Waals surface area contributed by atoms with E-state index in [-0.39, 0.29) is 20.0 Å². The number of rotatable bonds is 7. The second-order valence-electron chi connectivity index (χ2n) is 7.75. The average molecular weight is 388 g/mol. The van der Waals surface area contributed by atoms with E-state index in [1.807, 2.05) is 6.92 Å². The van der Waals surface area contributed by atoms with Crippen LogP contribution >= 0.6 is 0 Å². The zero-order valence-corrected chi connectivity index (χ0v) is 16.1. The van der Waals surface area contributed by atoms with Crippen LogP contribution in [-0.4, -0.2) is 29.8 Å². The number of carbonyl (C=O) groups excluding carboxylic acids is 1. The van der Waals surface area contributed by atoms with Gasteiger partial charge in [-0.1, -0.05) is 70.6 Å². The molecule has 28 heavy (non-hydrogen) atoms. The first-order valence-corrected chi connectivity index (χ1v) is 9.94. The fourth-order valence-electron chi connectivity index (χ4n) is 4.31. The fourth-order valence-corrected chi connectivity index (χ4v) is 4.31. The first kappa shape index (κ1) is 22.0. The maximum Gasteiger partial charge on any atom is 0.407 e. The molecular formula is C23H33NO4. The molecule has 0 aromatic carbocycles. The molecular weight excluding hydrogens is 354 g/mol. The predicted molar refractivity (Wildman–Crippen MR) is 111 cm³/mol. The molecule has 0 spiro atoms. The minimum Gasteiger partial charge on any atom is -0.480 e. The number of allylic oxidation sites excluding steroid dienone is 7. The Morgan fingerprint density at radius 1 is 1.29 bits per heavy atom. The normalized spacial score (nSPS) is 28.2. The fraction of sp³-hybridized carbons (Fsp3) is 0.565. The number of hydrogen-bond acceptors (Lipinski definition) is 3. The van der Waals surface area contributed by atoms with Crippen LogP contribution in [0.5, 0.6) is 0 Å². The van der Waals surface area contributed by atoms with Crippen LogP contribution in [0.3, 0.4) is 0 Å². The molecule has 0 radical (unpaired) electrons. The third kappa shape index (κ3) is 4.75. The SMILES string of the molecule is C.CCCCC(NC(=O)OCC1C2=CCC(C)C=C2C2C=CC=CC21)C(=O)O. The van der Waals surface area contributed by atoms with Gasteiger partial charge in [-0.15, -0.1) is 0 Å². The van der Waals surface area contributed by atoms with Crippen molar-refractivity contribution in [2.24, 2.45) is 23.7 Å². The van der Waals surface area contributed by atoms with Crippen molar-refractivity contribution in [3.63, 3.8) is 0 Å². The molecule has 0 heterocycles. The van der Waals surface area contributed by atoms with Crippen LogP contribution in [0.4, 0.5) is 4.79 Å². The molecule has 1 saturated carbocycles. The minimum atomic E-state index is -1.02. The number of aliphatic carboxylic acids is 1. The van der Waals surface area contributed by atoms with E-state index in [9.17, 15) is 14.7 Å². The standard InChI is InChI=1S/C22H29NO4.CH4/c1-3-4-9-20(21(24)25)23-22(26)27-13-19-16-8-6-5-7-15(16)18-12-14(2)10-11-17(18)19;/h5-8,11-12,14-16,19-20H,3-4,9-10,13H2,1-2H3,(H,23,26)(H,24,25);1H4. The van der Waals surface area contributed by atoms with Crippen LogP contribution < -0.4 is 5.32 Å². The number of carboxylic acids is 1. The van der Waals surface area contributed by atoms with Crippen molar-refractivity contribution in [3.8, 4) is 0 Å². The van der Waals surface area contributed by atoms with Gasteiger partial charge in [-0.25, -0.2) is 9.59 Å². The van der Waals surface area contributed by atoms with Crippen LogP contribution in [0, 0.1) is 23.7 Å². The summed E-state index contributed by atoms with van der Waals surface area (Å²) in [7, 11) is 0. The summed E-state index contributed by atoms with van der Waals surface area (Å²) in [5.74, 6) is 0.273. The molecule has 3 rings (SSSR count). The lowest BCUT2D eigenvalue weighted by atomic mass is 9.85. The quantitative estimate of drug-likeness (QED) is 0.653. The monoisotopic (exact) mass is 387 g/mol. The Kier molecular flexibility index (Phi) is 7.67. The lowest BCUT2D eigenvalue weighted by molar-refractivity contribution is -0.139. The lowest BCUT2D eigenvalue weighted by Gasteiger charge is -2.22. The number of unbranched alkanes of at least 4 members (excludes halogenated alkanes) is 1. The highest BCUT2D eigenvalue weighted by Gasteiger charge is 2.42. The van der Waals surface area contributed by atoms with Crippen molar-refractivity contribution in [1.29, 1.82) is 0 Å². The number of nitrogens with one attached hydrogen (secondary N) is 1. The highest BCUT2D eigenvalue weighted by molar-refractivity contribution is 5.79. The third-order valence-corrected chi connectivity index (χ3v) is 5.74. The van der Waals surface area contributed by atoms with E-state index in [1.54, 1.807) is 0 Å². The second kappa shape index (κ2) is 9.76. The summed E-state index contributed by atoms with van der Waals surface area (Å²) >= 11 is 0. The summed E-state index contributed by atoms with van der Waals surface area (Å²) < 4.78 is 5.47. The van der Waals surface area contributed by atoms with Crippen molar-refractivity contribution < 1.29 is 19.4 Å². The van der Waals surface area contributed by atoms with E-state index in [0.717, 1.165) is 19.3 Å². The van der Waals surface area contributed by atoms with Gasteiger partial charge in [0.05, 0.1) is 0 Å². The molecule has 5 atom stereocenters. The average Bonchev–Trinajstić information content (AvgIpc) is 2.96. The summed E-state index contributed by atoms with van der Waals surface area (Å²) in [5.41, 5.74) is 2.65. The molecule has 1 fully saturated rings. The number of carbonyl (C=O) groups is 2. The Hall–Kier alpha value is -2.30. The Balaban J connectivity index is 0.00000280. The summed E-state index contributed by atoms with van der Waals surface area (Å²) in [4.78, 5) is 23.5. The smallest absolute Gasteiger partial charge is 0.407 e. The van der Waals surface area contributed by atoms with Crippen LogP contribution in [0.2, 0.25) is 0 Å². The highest BCUT2D eigenvalue weighted by atomic mass is 16.5. The lowest BCUT2D eigenvalue weighted by Crippen LogP contribution is -2.41. The maximum absolute atomic E-state index is 12.2. The van der Waals surface area contributed by atoms with E-state index in [0.29, 0.717) is 24.2 Å². The summed E-state index contributed by atoms with van der Waals surface area (Å²) in [6.45, 7) is 4.48. The molecule has 0 aromatic heterocycles. The molecule has 0 saturated heterocycles. The van der Waals surface area contributed by atoms with Crippen molar-refractivity contribution >= 4 is 12.1 Å². The van der Waals surface area contributed by atoms with Gasteiger partial charge in [0.2, 0.25) is 0 Å². The van der Waals surface area contributed by atoms with E-state index in [4.69, 9.17) is 4.74 Å². The van der Waals surface area contributed by atoms with Crippen LogP contribution in [0.1, 0.15) is 47.0 Å². The van der Waals surface area contributed by atoms with Crippen LogP contribution in [0.25, 0.3) is 0 Å². The number of ether oxygens (including phenoxy) is 1. The Morgan fingerprint density at radius 3 is 2.75 bits per heavy atom. The number of hydrogen-bond donors (Lipinski definition) is 2. The number of amides is 1. The van der Waals surface area contributed by atoms with Gasteiger partial charge in [0.1, 0.15) is 12.6 Å². The maximum atomic E-state index is 12.2. The van der Waals surface area contributed by atoms with E-state index < -0.39 is 18.1 Å². The topological polar surface area (TPSA) is 75.6 Å². The van der Waals surface area contributed by atoms with Gasteiger partial charge in [-0.3, -0.25) is 0 Å². The molecule has 2 N–H and O–H groups in total. The number of carboxylic acid groups (broad SMARTS) is 1. The molecule has 154 valence electrons. The first-order chi connectivity index (χ1) is 13.0.